The highest BCUT2D eigenvalue weighted by Gasteiger charge is 2.32. The van der Waals surface area contributed by atoms with Crippen molar-refractivity contribution < 1.29 is 18.7 Å². The summed E-state index contributed by atoms with van der Waals surface area (Å²) in [5.41, 5.74) is 0.435. The Morgan fingerprint density at radius 2 is 2.22 bits per heavy atom. The quantitative estimate of drug-likeness (QED) is 0.900. The van der Waals surface area contributed by atoms with Crippen molar-refractivity contribution >= 4 is 21.9 Å². The zero-order valence-corrected chi connectivity index (χ0v) is 11.0. The van der Waals surface area contributed by atoms with E-state index in [-0.39, 0.29) is 11.6 Å². The summed E-state index contributed by atoms with van der Waals surface area (Å²) in [7, 11) is 0. The molecule has 0 aromatic heterocycles. The van der Waals surface area contributed by atoms with E-state index in [1.807, 2.05) is 0 Å². The molecule has 2 unspecified atom stereocenters. The molecule has 18 heavy (non-hydrogen) atoms. The van der Waals surface area contributed by atoms with Crippen LogP contribution in [0.2, 0.25) is 0 Å². The first-order valence-electron chi connectivity index (χ1n) is 5.52. The Balaban J connectivity index is 2.28. The van der Waals surface area contributed by atoms with Gasteiger partial charge in [0.25, 0.3) is 6.43 Å². The number of hydrogen-bond donors (Lipinski definition) is 2. The first-order chi connectivity index (χ1) is 8.49. The summed E-state index contributed by atoms with van der Waals surface area (Å²) in [6.07, 6.45) is -2.22. The lowest BCUT2D eigenvalue weighted by Crippen LogP contribution is -2.17. The van der Waals surface area contributed by atoms with Crippen LogP contribution in [0.4, 0.5) is 8.78 Å². The van der Waals surface area contributed by atoms with Crippen LogP contribution in [0.15, 0.2) is 22.7 Å². The zero-order valence-electron chi connectivity index (χ0n) is 9.37. The molecule has 98 valence electrons. The third-order valence-corrected chi connectivity index (χ3v) is 3.63. The Labute approximate surface area is 111 Å². The maximum Gasteiger partial charge on any atom is 0.307 e. The first kappa shape index (κ1) is 13.4. The van der Waals surface area contributed by atoms with E-state index >= 15 is 0 Å². The highest BCUT2D eigenvalue weighted by atomic mass is 79.9. The molecule has 0 amide bonds. The van der Waals surface area contributed by atoms with Gasteiger partial charge in [-0.1, -0.05) is 22.0 Å². The van der Waals surface area contributed by atoms with E-state index in [9.17, 15) is 13.6 Å². The molecule has 1 aliphatic rings. The molecule has 0 spiro atoms. The van der Waals surface area contributed by atoms with Gasteiger partial charge in [0.15, 0.2) is 0 Å². The van der Waals surface area contributed by atoms with Crippen LogP contribution in [-0.2, 0) is 4.79 Å². The molecule has 0 bridgehead atoms. The van der Waals surface area contributed by atoms with E-state index in [4.69, 9.17) is 5.11 Å². The Morgan fingerprint density at radius 1 is 1.50 bits per heavy atom. The number of carboxylic acids is 1. The third kappa shape index (κ3) is 2.70. The summed E-state index contributed by atoms with van der Waals surface area (Å²) in [6, 6.07) is 4.24. The average molecular weight is 320 g/mol. The van der Waals surface area contributed by atoms with Crippen molar-refractivity contribution in [3.63, 3.8) is 0 Å². The van der Waals surface area contributed by atoms with E-state index in [1.165, 1.54) is 6.07 Å². The second-order valence-electron chi connectivity index (χ2n) is 4.31. The number of carbonyl (C=O) groups is 1. The minimum Gasteiger partial charge on any atom is -0.481 e. The molecule has 1 aromatic rings. The summed E-state index contributed by atoms with van der Waals surface area (Å²) in [5.74, 6) is -1.40. The second kappa shape index (κ2) is 5.32. The van der Waals surface area contributed by atoms with E-state index in [0.717, 1.165) is 0 Å². The molecular formula is C12H12BrF2NO2. The van der Waals surface area contributed by atoms with Gasteiger partial charge in [0.2, 0.25) is 0 Å². The minimum atomic E-state index is -2.56. The second-order valence-corrected chi connectivity index (χ2v) is 5.22. The number of nitrogens with one attached hydrogen (secondary N) is 1. The summed E-state index contributed by atoms with van der Waals surface area (Å²) >= 11 is 3.25. The monoisotopic (exact) mass is 319 g/mol. The van der Waals surface area contributed by atoms with Gasteiger partial charge < -0.3 is 10.4 Å². The number of carboxylic acid groups (broad SMARTS) is 1. The van der Waals surface area contributed by atoms with Gasteiger partial charge in [0.05, 0.1) is 5.92 Å². The maximum absolute atomic E-state index is 12.9. The van der Waals surface area contributed by atoms with Gasteiger partial charge >= 0.3 is 5.97 Å². The lowest BCUT2D eigenvalue weighted by molar-refractivity contribution is -0.141. The van der Waals surface area contributed by atoms with Gasteiger partial charge in [-0.05, 0) is 24.1 Å². The summed E-state index contributed by atoms with van der Waals surface area (Å²) in [5, 5.41) is 11.9. The molecule has 0 aliphatic carbocycles. The van der Waals surface area contributed by atoms with Crippen LogP contribution >= 0.6 is 15.9 Å². The van der Waals surface area contributed by atoms with E-state index in [2.05, 4.69) is 21.2 Å². The molecule has 3 nitrogen and oxygen atoms in total. The molecule has 1 saturated heterocycles. The fourth-order valence-electron chi connectivity index (χ4n) is 2.21. The number of halogens is 3. The average Bonchev–Trinajstić information content (AvgIpc) is 2.77. The number of rotatable bonds is 3. The van der Waals surface area contributed by atoms with Crippen molar-refractivity contribution in [1.29, 1.82) is 0 Å². The van der Waals surface area contributed by atoms with Gasteiger partial charge in [0.1, 0.15) is 0 Å². The predicted molar refractivity (Wildman–Crippen MR) is 65.6 cm³/mol. The Bertz CT molecular complexity index is 467. The molecule has 2 rings (SSSR count). The van der Waals surface area contributed by atoms with Crippen LogP contribution in [-0.4, -0.2) is 17.6 Å². The highest BCUT2D eigenvalue weighted by molar-refractivity contribution is 9.10. The number of alkyl halides is 2. The molecule has 0 saturated carbocycles. The third-order valence-electron chi connectivity index (χ3n) is 3.14. The van der Waals surface area contributed by atoms with Crippen LogP contribution in [0, 0.1) is 5.92 Å². The van der Waals surface area contributed by atoms with Gasteiger partial charge in [-0.2, -0.15) is 0 Å². The first-order valence-corrected chi connectivity index (χ1v) is 6.32. The maximum atomic E-state index is 12.9. The lowest BCUT2D eigenvalue weighted by Gasteiger charge is -2.16. The Kier molecular flexibility index (Phi) is 3.97. The van der Waals surface area contributed by atoms with Gasteiger partial charge in [-0.25, -0.2) is 8.78 Å². The van der Waals surface area contributed by atoms with Crippen molar-refractivity contribution in [2.75, 3.05) is 6.54 Å². The highest BCUT2D eigenvalue weighted by Crippen LogP contribution is 2.35. The number of benzene rings is 1. The van der Waals surface area contributed by atoms with E-state index < -0.39 is 18.3 Å². The predicted octanol–water partition coefficient (Wildman–Crippen LogP) is 3.12. The molecule has 0 radical (unpaired) electrons. The summed E-state index contributed by atoms with van der Waals surface area (Å²) < 4.78 is 26.5. The van der Waals surface area contributed by atoms with Crippen molar-refractivity contribution in [1.82, 2.24) is 5.32 Å². The fourth-order valence-corrected chi connectivity index (χ4v) is 2.59. The van der Waals surface area contributed by atoms with Crippen LogP contribution in [0.5, 0.6) is 0 Å². The Hall–Kier alpha value is -1.01. The zero-order chi connectivity index (χ0) is 13.3. The minimum absolute atomic E-state index is 0.0401. The molecule has 1 heterocycles. The van der Waals surface area contributed by atoms with Crippen LogP contribution in [0.3, 0.4) is 0 Å². The van der Waals surface area contributed by atoms with Crippen molar-refractivity contribution in [2.45, 2.75) is 18.9 Å². The van der Waals surface area contributed by atoms with Crippen molar-refractivity contribution in [3.05, 3.63) is 33.8 Å². The van der Waals surface area contributed by atoms with Crippen LogP contribution in [0.1, 0.15) is 30.0 Å². The van der Waals surface area contributed by atoms with Gasteiger partial charge in [-0.15, -0.1) is 0 Å². The molecule has 1 aromatic carbocycles. The van der Waals surface area contributed by atoms with Crippen molar-refractivity contribution in [3.8, 4) is 0 Å². The van der Waals surface area contributed by atoms with E-state index in [0.29, 0.717) is 23.0 Å². The molecule has 2 N–H and O–H groups in total. The molecular weight excluding hydrogens is 308 g/mol. The van der Waals surface area contributed by atoms with Crippen LogP contribution in [0.25, 0.3) is 0 Å². The van der Waals surface area contributed by atoms with Crippen LogP contribution < -0.4 is 5.32 Å². The standard InChI is InChI=1S/C12H12BrF2NO2/c13-7-1-2-8(11(14)15)9(4-7)10-3-6(5-16-10)12(17)18/h1-2,4,6,10-11,16H,3,5H2,(H,17,18). The lowest BCUT2D eigenvalue weighted by atomic mass is 9.96. The summed E-state index contributed by atoms with van der Waals surface area (Å²) in [6.45, 7) is 0.315. The fraction of sp³-hybridized carbons (Fsp3) is 0.417. The van der Waals surface area contributed by atoms with Gasteiger partial charge in [0, 0.05) is 22.6 Å². The van der Waals surface area contributed by atoms with E-state index in [1.54, 1.807) is 12.1 Å². The SMILES string of the molecule is O=C(O)C1CNC(c2cc(Br)ccc2C(F)F)C1. The molecule has 6 heteroatoms. The van der Waals surface area contributed by atoms with Crippen molar-refractivity contribution in [2.24, 2.45) is 5.92 Å². The molecule has 2 atom stereocenters. The smallest absolute Gasteiger partial charge is 0.307 e. The topological polar surface area (TPSA) is 49.3 Å². The Morgan fingerprint density at radius 3 is 2.78 bits per heavy atom. The largest absolute Gasteiger partial charge is 0.481 e. The normalized spacial score (nSPS) is 23.6. The molecule has 1 fully saturated rings. The number of hydrogen-bond acceptors (Lipinski definition) is 2. The summed E-state index contributed by atoms with van der Waals surface area (Å²) in [4.78, 5) is 10.9. The molecule has 1 aliphatic heterocycles. The van der Waals surface area contributed by atoms with Gasteiger partial charge in [-0.3, -0.25) is 4.79 Å². The number of aliphatic carboxylic acids is 1.